The molecule has 0 spiro atoms. The minimum Gasteiger partial charge on any atom is -0.381 e. The van der Waals surface area contributed by atoms with Crippen LogP contribution in [-0.4, -0.2) is 34.5 Å². The van der Waals surface area contributed by atoms with E-state index in [1.54, 1.807) is 6.07 Å². The van der Waals surface area contributed by atoms with Gasteiger partial charge in [0.05, 0.1) is 39.5 Å². The summed E-state index contributed by atoms with van der Waals surface area (Å²) < 4.78 is 22.0. The maximum atomic E-state index is 14.4. The van der Waals surface area contributed by atoms with Gasteiger partial charge in [-0.3, -0.25) is 9.98 Å². The SMILES string of the molecule is CC1=NC=C(Nc2cc3nc4ccc(F)cc4n(-c4ccc(Cl)cc4)c-3c/c2=N\C2CCOCC2)CC1. The van der Waals surface area contributed by atoms with Crippen LogP contribution in [0, 0.1) is 5.82 Å². The van der Waals surface area contributed by atoms with E-state index in [1.807, 2.05) is 48.0 Å². The molecule has 0 unspecified atom stereocenters. The summed E-state index contributed by atoms with van der Waals surface area (Å²) in [5.41, 5.74) is 6.90. The molecule has 1 aliphatic carbocycles. The molecule has 2 aromatic carbocycles. The molecule has 3 aliphatic heterocycles. The van der Waals surface area contributed by atoms with E-state index in [1.165, 1.54) is 12.1 Å². The zero-order chi connectivity index (χ0) is 25.4. The van der Waals surface area contributed by atoms with Crippen molar-refractivity contribution in [2.75, 3.05) is 18.5 Å². The van der Waals surface area contributed by atoms with Crippen molar-refractivity contribution in [2.45, 2.75) is 38.6 Å². The first-order valence-electron chi connectivity index (χ1n) is 12.6. The molecule has 37 heavy (non-hydrogen) atoms. The van der Waals surface area contributed by atoms with E-state index in [-0.39, 0.29) is 11.9 Å². The minimum absolute atomic E-state index is 0.169. The predicted octanol–water partition coefficient (Wildman–Crippen LogP) is 6.51. The van der Waals surface area contributed by atoms with Gasteiger partial charge in [0, 0.05) is 47.6 Å². The van der Waals surface area contributed by atoms with Gasteiger partial charge in [-0.05, 0) is 81.1 Å². The van der Waals surface area contributed by atoms with E-state index in [0.29, 0.717) is 29.3 Å². The summed E-state index contributed by atoms with van der Waals surface area (Å²) >= 11 is 6.19. The number of fused-ring (bicyclic) bond motifs is 2. The van der Waals surface area contributed by atoms with Gasteiger partial charge >= 0.3 is 0 Å². The second kappa shape index (κ2) is 10.1. The van der Waals surface area contributed by atoms with Gasteiger partial charge in [-0.2, -0.15) is 0 Å². The first kappa shape index (κ1) is 23.8. The molecule has 0 amide bonds. The second-order valence-corrected chi connectivity index (χ2v) is 9.97. The van der Waals surface area contributed by atoms with Crippen LogP contribution in [0.25, 0.3) is 28.1 Å². The first-order chi connectivity index (χ1) is 18.0. The number of halogens is 2. The van der Waals surface area contributed by atoms with Gasteiger partial charge in [-0.15, -0.1) is 0 Å². The Hall–Kier alpha value is -3.55. The van der Waals surface area contributed by atoms with Gasteiger partial charge in [0.25, 0.3) is 0 Å². The van der Waals surface area contributed by atoms with Crippen LogP contribution in [0.1, 0.15) is 32.6 Å². The molecule has 0 saturated carbocycles. The Morgan fingerprint density at radius 2 is 1.86 bits per heavy atom. The average Bonchev–Trinajstić information content (AvgIpc) is 2.90. The number of anilines is 1. The van der Waals surface area contributed by atoms with Crippen LogP contribution < -0.4 is 10.7 Å². The van der Waals surface area contributed by atoms with Crippen molar-refractivity contribution >= 4 is 34.0 Å². The number of aromatic nitrogens is 2. The van der Waals surface area contributed by atoms with E-state index >= 15 is 0 Å². The van der Waals surface area contributed by atoms with Crippen LogP contribution >= 0.6 is 11.6 Å². The highest BCUT2D eigenvalue weighted by molar-refractivity contribution is 6.30. The molecule has 1 fully saturated rings. The van der Waals surface area contributed by atoms with Crippen LogP contribution in [0.4, 0.5) is 10.1 Å². The Bertz CT molecular complexity index is 1570. The van der Waals surface area contributed by atoms with Crippen molar-refractivity contribution in [1.82, 2.24) is 9.55 Å². The van der Waals surface area contributed by atoms with Gasteiger partial charge in [-0.25, -0.2) is 9.37 Å². The van der Waals surface area contributed by atoms with Gasteiger partial charge in [0.15, 0.2) is 0 Å². The normalized spacial score (nSPS) is 17.2. The van der Waals surface area contributed by atoms with Gasteiger partial charge in [0.1, 0.15) is 5.82 Å². The number of hydrogen-bond donors (Lipinski definition) is 1. The fourth-order valence-electron chi connectivity index (χ4n) is 4.85. The third kappa shape index (κ3) is 5.02. The van der Waals surface area contributed by atoms with E-state index < -0.39 is 0 Å². The molecule has 0 bridgehead atoms. The minimum atomic E-state index is -0.318. The van der Waals surface area contributed by atoms with Crippen LogP contribution in [0.2, 0.25) is 5.02 Å². The number of allylic oxidation sites excluding steroid dienone is 1. The number of nitrogens with one attached hydrogen (secondary N) is 1. The maximum absolute atomic E-state index is 14.4. The van der Waals surface area contributed by atoms with E-state index in [0.717, 1.165) is 65.2 Å². The van der Waals surface area contributed by atoms with Crippen molar-refractivity contribution < 1.29 is 9.13 Å². The van der Waals surface area contributed by atoms with E-state index in [4.69, 9.17) is 26.3 Å². The molecule has 0 aromatic heterocycles. The standard InChI is InChI=1S/C29H27ClFN5O/c1-18-2-6-22(17-32-18)34-25-15-27-29(16-26(25)33-21-10-12-37-13-11-21)36(23-7-3-19(30)4-8-23)28-14-20(31)5-9-24(28)35-27/h3-5,7-9,14-17,21,34H,2,6,10-13H2,1H3/b33-26+. The quantitative estimate of drug-likeness (QED) is 0.315. The zero-order valence-corrected chi connectivity index (χ0v) is 21.3. The molecule has 0 radical (unpaired) electrons. The van der Waals surface area contributed by atoms with Crippen LogP contribution in [0.15, 0.2) is 76.5 Å². The number of ether oxygens (including phenoxy) is 1. The summed E-state index contributed by atoms with van der Waals surface area (Å²) in [4.78, 5) is 14.6. The van der Waals surface area contributed by atoms with Gasteiger partial charge < -0.3 is 14.6 Å². The summed E-state index contributed by atoms with van der Waals surface area (Å²) in [5, 5.41) is 5.06. The number of nitrogens with zero attached hydrogens (tertiary/aromatic N) is 4. The lowest BCUT2D eigenvalue weighted by molar-refractivity contribution is 0.0864. The molecule has 8 heteroatoms. The Kier molecular flexibility index (Phi) is 6.49. The lowest BCUT2D eigenvalue weighted by Crippen LogP contribution is -2.24. The third-order valence-corrected chi connectivity index (χ3v) is 7.09. The maximum Gasteiger partial charge on any atom is 0.125 e. The molecule has 1 N–H and O–H groups in total. The summed E-state index contributed by atoms with van der Waals surface area (Å²) in [6.07, 6.45) is 5.46. The van der Waals surface area contributed by atoms with Crippen molar-refractivity contribution in [1.29, 1.82) is 0 Å². The van der Waals surface area contributed by atoms with E-state index in [9.17, 15) is 4.39 Å². The second-order valence-electron chi connectivity index (χ2n) is 9.53. The Morgan fingerprint density at radius 1 is 1.05 bits per heavy atom. The third-order valence-electron chi connectivity index (χ3n) is 6.84. The first-order valence-corrected chi connectivity index (χ1v) is 12.9. The van der Waals surface area contributed by atoms with Crippen LogP contribution in [0.3, 0.4) is 0 Å². The highest BCUT2D eigenvalue weighted by Gasteiger charge is 2.19. The number of aliphatic imine (C=N–C) groups is 1. The van der Waals surface area contributed by atoms with Crippen LogP contribution in [-0.2, 0) is 4.74 Å². The Morgan fingerprint density at radius 3 is 2.62 bits per heavy atom. The van der Waals surface area contributed by atoms with Crippen LogP contribution in [0.5, 0.6) is 0 Å². The van der Waals surface area contributed by atoms with Crippen molar-refractivity contribution in [3.8, 4) is 17.1 Å². The molecule has 1 saturated heterocycles. The van der Waals surface area contributed by atoms with E-state index in [2.05, 4.69) is 16.4 Å². The van der Waals surface area contributed by atoms with Crippen molar-refractivity contribution in [3.63, 3.8) is 0 Å². The zero-order valence-electron chi connectivity index (χ0n) is 20.5. The summed E-state index contributed by atoms with van der Waals surface area (Å²) in [6, 6.07) is 16.5. The molecule has 2 aromatic rings. The van der Waals surface area contributed by atoms with Gasteiger partial charge in [0.2, 0.25) is 0 Å². The Labute approximate surface area is 219 Å². The lowest BCUT2D eigenvalue weighted by atomic mass is 10.1. The molecular weight excluding hydrogens is 489 g/mol. The molecule has 0 atom stereocenters. The lowest BCUT2D eigenvalue weighted by Gasteiger charge is -2.22. The molecule has 6 nitrogen and oxygen atoms in total. The number of hydrogen-bond acceptors (Lipinski definition) is 5. The smallest absolute Gasteiger partial charge is 0.125 e. The summed E-state index contributed by atoms with van der Waals surface area (Å²) in [7, 11) is 0. The fourth-order valence-corrected chi connectivity index (χ4v) is 4.98. The molecule has 6 rings (SSSR count). The average molecular weight is 516 g/mol. The van der Waals surface area contributed by atoms with Crippen molar-refractivity contribution in [2.24, 2.45) is 9.98 Å². The Balaban J connectivity index is 1.61. The summed E-state index contributed by atoms with van der Waals surface area (Å²) in [5.74, 6) is -0.318. The highest BCUT2D eigenvalue weighted by Crippen LogP contribution is 2.31. The fraction of sp³-hybridized carbons (Fsp3) is 0.276. The highest BCUT2D eigenvalue weighted by atomic mass is 35.5. The summed E-state index contributed by atoms with van der Waals surface area (Å²) in [6.45, 7) is 3.46. The number of benzene rings is 3. The van der Waals surface area contributed by atoms with Gasteiger partial charge in [-0.1, -0.05) is 11.6 Å². The number of rotatable bonds is 4. The van der Waals surface area contributed by atoms with Crippen molar-refractivity contribution in [3.05, 3.63) is 82.7 Å². The molecule has 4 aliphatic rings. The molecule has 3 heterocycles. The predicted molar refractivity (Wildman–Crippen MR) is 146 cm³/mol. The topological polar surface area (TPSA) is 63.8 Å². The monoisotopic (exact) mass is 515 g/mol. The largest absolute Gasteiger partial charge is 0.381 e. The molecule has 188 valence electrons. The molecular formula is C29H27ClFN5O.